The summed E-state index contributed by atoms with van der Waals surface area (Å²) in [7, 11) is 1.76. The van der Waals surface area contributed by atoms with Gasteiger partial charge in [0.2, 0.25) is 0 Å². The second-order valence-electron chi connectivity index (χ2n) is 4.59. The molecule has 0 bridgehead atoms. The molecule has 106 valence electrons. The summed E-state index contributed by atoms with van der Waals surface area (Å²) in [4.78, 5) is 14.8. The fraction of sp³-hybridized carbons (Fsp3) is 0.267. The summed E-state index contributed by atoms with van der Waals surface area (Å²) < 4.78 is 13.0. The fourth-order valence-electron chi connectivity index (χ4n) is 1.85. The van der Waals surface area contributed by atoms with E-state index in [1.807, 2.05) is 24.4 Å². The van der Waals surface area contributed by atoms with Crippen LogP contribution in [0.25, 0.3) is 0 Å². The van der Waals surface area contributed by atoms with Gasteiger partial charge in [-0.15, -0.1) is 11.3 Å². The molecule has 0 fully saturated rings. The molecule has 1 atom stereocenters. The highest BCUT2D eigenvalue weighted by molar-refractivity contribution is 7.10. The van der Waals surface area contributed by atoms with Crippen LogP contribution < -0.4 is 5.32 Å². The monoisotopic (exact) mass is 292 g/mol. The van der Waals surface area contributed by atoms with E-state index in [2.05, 4.69) is 5.32 Å². The van der Waals surface area contributed by atoms with E-state index in [9.17, 15) is 9.18 Å². The van der Waals surface area contributed by atoms with Crippen molar-refractivity contribution in [2.75, 3.05) is 7.05 Å². The highest BCUT2D eigenvalue weighted by Crippen LogP contribution is 2.23. The van der Waals surface area contributed by atoms with Crippen molar-refractivity contribution in [1.29, 1.82) is 0 Å². The maximum absolute atomic E-state index is 13.0. The molecule has 1 unspecified atom stereocenters. The Morgan fingerprint density at radius 1 is 1.40 bits per heavy atom. The molecular formula is C15H17FN2OS. The van der Waals surface area contributed by atoms with E-state index in [4.69, 9.17) is 0 Å². The smallest absolute Gasteiger partial charge is 0.317 e. The number of thiophene rings is 1. The third-order valence-electron chi connectivity index (χ3n) is 3.19. The van der Waals surface area contributed by atoms with Gasteiger partial charge in [0.05, 0.1) is 6.04 Å². The second-order valence-corrected chi connectivity index (χ2v) is 5.57. The first-order valence-electron chi connectivity index (χ1n) is 6.36. The van der Waals surface area contributed by atoms with E-state index >= 15 is 0 Å². The molecule has 0 saturated carbocycles. The molecular weight excluding hydrogens is 275 g/mol. The van der Waals surface area contributed by atoms with Crippen LogP contribution in [-0.2, 0) is 6.54 Å². The maximum atomic E-state index is 13.0. The molecule has 2 aromatic rings. The van der Waals surface area contributed by atoms with Crippen molar-refractivity contribution in [1.82, 2.24) is 10.2 Å². The largest absolute Gasteiger partial charge is 0.334 e. The first-order chi connectivity index (χ1) is 9.58. The number of nitrogens with one attached hydrogen (secondary N) is 1. The SMILES string of the molecule is CC(c1cccs1)N(C)C(=O)NCc1cccc(F)c1. The van der Waals surface area contributed by atoms with Crippen LogP contribution in [0, 0.1) is 5.82 Å². The van der Waals surface area contributed by atoms with E-state index in [0.717, 1.165) is 10.4 Å². The molecule has 0 aliphatic rings. The van der Waals surface area contributed by atoms with Crippen LogP contribution in [0.15, 0.2) is 41.8 Å². The molecule has 0 spiro atoms. The Morgan fingerprint density at radius 2 is 2.20 bits per heavy atom. The zero-order valence-corrected chi connectivity index (χ0v) is 12.3. The molecule has 1 aromatic heterocycles. The zero-order chi connectivity index (χ0) is 14.5. The van der Waals surface area contributed by atoms with Crippen LogP contribution in [0.3, 0.4) is 0 Å². The van der Waals surface area contributed by atoms with Crippen molar-refractivity contribution >= 4 is 17.4 Å². The van der Waals surface area contributed by atoms with Crippen molar-refractivity contribution < 1.29 is 9.18 Å². The van der Waals surface area contributed by atoms with Crippen LogP contribution in [0.2, 0.25) is 0 Å². The van der Waals surface area contributed by atoms with E-state index < -0.39 is 0 Å². The predicted octanol–water partition coefficient (Wildman–Crippen LogP) is 3.79. The first-order valence-corrected chi connectivity index (χ1v) is 7.24. The van der Waals surface area contributed by atoms with Gasteiger partial charge in [0.15, 0.2) is 0 Å². The molecule has 20 heavy (non-hydrogen) atoms. The van der Waals surface area contributed by atoms with Crippen molar-refractivity contribution in [3.63, 3.8) is 0 Å². The molecule has 0 aliphatic carbocycles. The average Bonchev–Trinajstić information content (AvgIpc) is 2.97. The quantitative estimate of drug-likeness (QED) is 0.913. The zero-order valence-electron chi connectivity index (χ0n) is 11.5. The van der Waals surface area contributed by atoms with Gasteiger partial charge in [0.1, 0.15) is 5.82 Å². The number of carbonyl (C=O) groups excluding carboxylic acids is 1. The van der Waals surface area contributed by atoms with E-state index in [0.29, 0.717) is 6.54 Å². The van der Waals surface area contributed by atoms with Gasteiger partial charge in [-0.3, -0.25) is 0 Å². The van der Waals surface area contributed by atoms with Crippen molar-refractivity contribution in [3.05, 3.63) is 58.0 Å². The lowest BCUT2D eigenvalue weighted by Gasteiger charge is -2.24. The fourth-order valence-corrected chi connectivity index (χ4v) is 2.67. The van der Waals surface area contributed by atoms with Crippen molar-refractivity contribution in [2.24, 2.45) is 0 Å². The Kier molecular flexibility index (Phi) is 4.74. The van der Waals surface area contributed by atoms with Gasteiger partial charge in [-0.25, -0.2) is 9.18 Å². The molecule has 1 aromatic carbocycles. The van der Waals surface area contributed by atoms with Crippen LogP contribution in [0.1, 0.15) is 23.4 Å². The summed E-state index contributed by atoms with van der Waals surface area (Å²) in [5.74, 6) is -0.294. The maximum Gasteiger partial charge on any atom is 0.317 e. The predicted molar refractivity (Wildman–Crippen MR) is 79.1 cm³/mol. The first kappa shape index (κ1) is 14.5. The van der Waals surface area contributed by atoms with E-state index in [1.54, 1.807) is 35.4 Å². The van der Waals surface area contributed by atoms with E-state index in [1.165, 1.54) is 12.1 Å². The summed E-state index contributed by atoms with van der Waals surface area (Å²) >= 11 is 1.62. The molecule has 1 N–H and O–H groups in total. The number of hydrogen-bond donors (Lipinski definition) is 1. The molecule has 0 saturated heterocycles. The minimum atomic E-state index is -0.294. The summed E-state index contributed by atoms with van der Waals surface area (Å²) in [6, 6.07) is 10.0. The van der Waals surface area contributed by atoms with Crippen LogP contribution in [0.5, 0.6) is 0 Å². The highest BCUT2D eigenvalue weighted by atomic mass is 32.1. The summed E-state index contributed by atoms with van der Waals surface area (Å²) in [5.41, 5.74) is 0.746. The van der Waals surface area contributed by atoms with Crippen molar-refractivity contribution in [2.45, 2.75) is 19.5 Å². The topological polar surface area (TPSA) is 32.3 Å². The highest BCUT2D eigenvalue weighted by Gasteiger charge is 2.17. The molecule has 0 radical (unpaired) electrons. The average molecular weight is 292 g/mol. The summed E-state index contributed by atoms with van der Waals surface area (Å²) in [5, 5.41) is 4.78. The third kappa shape index (κ3) is 3.57. The minimum Gasteiger partial charge on any atom is -0.334 e. The number of rotatable bonds is 4. The van der Waals surface area contributed by atoms with Gasteiger partial charge in [-0.2, -0.15) is 0 Å². The molecule has 1 heterocycles. The summed E-state index contributed by atoms with van der Waals surface area (Å²) in [6.45, 7) is 2.30. The molecule has 0 aliphatic heterocycles. The number of carbonyl (C=O) groups is 1. The third-order valence-corrected chi connectivity index (χ3v) is 4.23. The van der Waals surface area contributed by atoms with Crippen LogP contribution in [-0.4, -0.2) is 18.0 Å². The number of hydrogen-bond acceptors (Lipinski definition) is 2. The number of nitrogens with zero attached hydrogens (tertiary/aromatic N) is 1. The minimum absolute atomic E-state index is 0.0162. The van der Waals surface area contributed by atoms with E-state index in [-0.39, 0.29) is 17.9 Å². The Morgan fingerprint density at radius 3 is 2.85 bits per heavy atom. The van der Waals surface area contributed by atoms with Gasteiger partial charge in [0, 0.05) is 18.5 Å². The number of halogens is 1. The lowest BCUT2D eigenvalue weighted by molar-refractivity contribution is 0.194. The Balaban J connectivity index is 1.91. The van der Waals surface area contributed by atoms with Gasteiger partial charge < -0.3 is 10.2 Å². The van der Waals surface area contributed by atoms with Crippen LogP contribution >= 0.6 is 11.3 Å². The van der Waals surface area contributed by atoms with Gasteiger partial charge in [0.25, 0.3) is 0 Å². The number of amides is 2. The van der Waals surface area contributed by atoms with Crippen molar-refractivity contribution in [3.8, 4) is 0 Å². The Labute approximate surface area is 122 Å². The molecule has 3 nitrogen and oxygen atoms in total. The second kappa shape index (κ2) is 6.52. The standard InChI is InChI=1S/C15H17FN2OS/c1-11(14-7-4-8-20-14)18(2)15(19)17-10-12-5-3-6-13(16)9-12/h3-9,11H,10H2,1-2H3,(H,17,19). The van der Waals surface area contributed by atoms with Crippen LogP contribution in [0.4, 0.5) is 9.18 Å². The van der Waals surface area contributed by atoms with Gasteiger partial charge in [-0.1, -0.05) is 18.2 Å². The van der Waals surface area contributed by atoms with Gasteiger partial charge >= 0.3 is 6.03 Å². The Bertz CT molecular complexity index is 571. The molecule has 2 rings (SSSR count). The molecule has 2 amide bonds. The van der Waals surface area contributed by atoms with Gasteiger partial charge in [-0.05, 0) is 36.1 Å². The normalized spacial score (nSPS) is 11.9. The molecule has 5 heteroatoms. The summed E-state index contributed by atoms with van der Waals surface area (Å²) in [6.07, 6.45) is 0. The number of urea groups is 1. The lowest BCUT2D eigenvalue weighted by Crippen LogP contribution is -2.38. The Hall–Kier alpha value is -1.88. The number of benzene rings is 1. The lowest BCUT2D eigenvalue weighted by atomic mass is 10.2.